The van der Waals surface area contributed by atoms with Crippen LogP contribution in [0.25, 0.3) is 0 Å². The van der Waals surface area contributed by atoms with Crippen molar-refractivity contribution in [2.75, 3.05) is 0 Å². The largest absolute Gasteiger partial charge is 0.299 e. The third-order valence-electron chi connectivity index (χ3n) is 5.29. The van der Waals surface area contributed by atoms with Crippen molar-refractivity contribution in [3.8, 4) is 0 Å². The standard InChI is InChI=1S/C24H40O/c1-3-4-5-6-7-8-9-10-11-12-16-19-24(25)22(2)20-21-23-17-14-13-15-18-23/h13-15,17-18,22H,3-12,16,19-21H2,1-2H3/t22-/m0/s1. The predicted octanol–water partition coefficient (Wildman–Crippen LogP) is 7.53. The van der Waals surface area contributed by atoms with Crippen LogP contribution < -0.4 is 0 Å². The number of carbonyl (C=O) groups is 1. The van der Waals surface area contributed by atoms with Crippen molar-refractivity contribution in [2.45, 2.75) is 104 Å². The Morgan fingerprint density at radius 1 is 0.800 bits per heavy atom. The molecule has 0 aliphatic heterocycles. The average molecular weight is 345 g/mol. The third-order valence-corrected chi connectivity index (χ3v) is 5.29. The van der Waals surface area contributed by atoms with Crippen LogP contribution >= 0.6 is 0 Å². The topological polar surface area (TPSA) is 17.1 Å². The van der Waals surface area contributed by atoms with Gasteiger partial charge in [0.05, 0.1) is 0 Å². The van der Waals surface area contributed by atoms with Crippen LogP contribution in [-0.4, -0.2) is 5.78 Å². The van der Waals surface area contributed by atoms with Crippen molar-refractivity contribution in [1.82, 2.24) is 0 Å². The molecular weight excluding hydrogens is 304 g/mol. The summed E-state index contributed by atoms with van der Waals surface area (Å²) in [6.45, 7) is 4.37. The first-order valence-corrected chi connectivity index (χ1v) is 10.8. The lowest BCUT2D eigenvalue weighted by Gasteiger charge is -2.10. The normalized spacial score (nSPS) is 12.2. The fraction of sp³-hybridized carbons (Fsp3) is 0.708. The van der Waals surface area contributed by atoms with Crippen LogP contribution in [0.2, 0.25) is 0 Å². The van der Waals surface area contributed by atoms with E-state index >= 15 is 0 Å². The summed E-state index contributed by atoms with van der Waals surface area (Å²) < 4.78 is 0. The van der Waals surface area contributed by atoms with Crippen LogP contribution in [0.15, 0.2) is 30.3 Å². The fourth-order valence-corrected chi connectivity index (χ4v) is 3.40. The first-order valence-electron chi connectivity index (χ1n) is 10.8. The molecule has 0 aliphatic carbocycles. The number of rotatable bonds is 16. The van der Waals surface area contributed by atoms with E-state index in [1.807, 2.05) is 6.07 Å². The average Bonchev–Trinajstić information content (AvgIpc) is 2.64. The van der Waals surface area contributed by atoms with Crippen molar-refractivity contribution >= 4 is 5.78 Å². The molecule has 0 radical (unpaired) electrons. The SMILES string of the molecule is CCCCCCCCCCCCCC(=O)[C@@H](C)CCc1ccccc1. The monoisotopic (exact) mass is 344 g/mol. The molecule has 0 fully saturated rings. The zero-order valence-electron chi connectivity index (χ0n) is 16.8. The second-order valence-electron chi connectivity index (χ2n) is 7.68. The van der Waals surface area contributed by atoms with Gasteiger partial charge in [-0.3, -0.25) is 4.79 Å². The lowest BCUT2D eigenvalue weighted by atomic mass is 9.94. The number of Topliss-reactive ketones (excluding diaryl/α,β-unsaturated/α-hetero) is 1. The molecule has 0 heterocycles. The van der Waals surface area contributed by atoms with Crippen LogP contribution in [0.5, 0.6) is 0 Å². The van der Waals surface area contributed by atoms with E-state index in [0.717, 1.165) is 25.7 Å². The molecule has 1 aromatic rings. The zero-order valence-corrected chi connectivity index (χ0v) is 16.8. The van der Waals surface area contributed by atoms with Crippen molar-refractivity contribution in [2.24, 2.45) is 5.92 Å². The number of benzene rings is 1. The van der Waals surface area contributed by atoms with Crippen LogP contribution in [0.1, 0.15) is 103 Å². The van der Waals surface area contributed by atoms with E-state index < -0.39 is 0 Å². The van der Waals surface area contributed by atoms with E-state index in [0.29, 0.717) is 5.78 Å². The van der Waals surface area contributed by atoms with Gasteiger partial charge in [-0.25, -0.2) is 0 Å². The molecule has 0 unspecified atom stereocenters. The highest BCUT2D eigenvalue weighted by Crippen LogP contribution is 2.15. The second kappa shape index (κ2) is 15.2. The van der Waals surface area contributed by atoms with E-state index in [-0.39, 0.29) is 5.92 Å². The van der Waals surface area contributed by atoms with Gasteiger partial charge in [0.1, 0.15) is 5.78 Å². The Bertz CT molecular complexity index is 423. The van der Waals surface area contributed by atoms with E-state index in [4.69, 9.17) is 0 Å². The minimum atomic E-state index is 0.211. The van der Waals surface area contributed by atoms with Crippen LogP contribution in [-0.2, 0) is 11.2 Å². The summed E-state index contributed by atoms with van der Waals surface area (Å²) in [6, 6.07) is 10.5. The molecular formula is C24H40O. The molecule has 1 heteroatoms. The Kier molecular flexibility index (Phi) is 13.3. The van der Waals surface area contributed by atoms with E-state index in [2.05, 4.69) is 38.1 Å². The lowest BCUT2D eigenvalue weighted by molar-refractivity contribution is -0.122. The molecule has 1 nitrogen and oxygen atoms in total. The minimum Gasteiger partial charge on any atom is -0.299 e. The molecule has 0 aliphatic rings. The highest BCUT2D eigenvalue weighted by Gasteiger charge is 2.12. The van der Waals surface area contributed by atoms with Gasteiger partial charge in [-0.15, -0.1) is 0 Å². The summed E-state index contributed by atoms with van der Waals surface area (Å²) in [5.74, 6) is 0.676. The molecule has 0 N–H and O–H groups in total. The summed E-state index contributed by atoms with van der Waals surface area (Å²) in [4.78, 5) is 12.2. The van der Waals surface area contributed by atoms with Gasteiger partial charge >= 0.3 is 0 Å². The molecule has 0 saturated carbocycles. The Morgan fingerprint density at radius 2 is 1.32 bits per heavy atom. The highest BCUT2D eigenvalue weighted by molar-refractivity contribution is 5.80. The molecule has 142 valence electrons. The summed E-state index contributed by atoms with van der Waals surface area (Å²) in [7, 11) is 0. The minimum absolute atomic E-state index is 0.211. The fourth-order valence-electron chi connectivity index (χ4n) is 3.40. The molecule has 25 heavy (non-hydrogen) atoms. The van der Waals surface area contributed by atoms with Crippen molar-refractivity contribution in [3.05, 3.63) is 35.9 Å². The van der Waals surface area contributed by atoms with Crippen LogP contribution in [0.3, 0.4) is 0 Å². The number of ketones is 1. The van der Waals surface area contributed by atoms with E-state index in [9.17, 15) is 4.79 Å². The highest BCUT2D eigenvalue weighted by atomic mass is 16.1. The quantitative estimate of drug-likeness (QED) is 0.283. The Morgan fingerprint density at radius 3 is 1.88 bits per heavy atom. The van der Waals surface area contributed by atoms with Gasteiger partial charge in [-0.1, -0.05) is 108 Å². The molecule has 1 atom stereocenters. The molecule has 0 aromatic heterocycles. The second-order valence-corrected chi connectivity index (χ2v) is 7.68. The molecule has 1 aromatic carbocycles. The maximum atomic E-state index is 12.2. The number of carbonyl (C=O) groups excluding carboxylic acids is 1. The van der Waals surface area contributed by atoms with E-state index in [1.165, 1.54) is 69.8 Å². The number of hydrogen-bond donors (Lipinski definition) is 0. The Labute approximate surface area is 156 Å². The van der Waals surface area contributed by atoms with Gasteiger partial charge in [0.25, 0.3) is 0 Å². The molecule has 1 rings (SSSR count). The van der Waals surface area contributed by atoms with Gasteiger partial charge in [0, 0.05) is 12.3 Å². The first-order chi connectivity index (χ1) is 12.2. The third kappa shape index (κ3) is 12.0. The predicted molar refractivity (Wildman–Crippen MR) is 110 cm³/mol. The van der Waals surface area contributed by atoms with Gasteiger partial charge in [0.2, 0.25) is 0 Å². The van der Waals surface area contributed by atoms with Gasteiger partial charge in [0.15, 0.2) is 0 Å². The van der Waals surface area contributed by atoms with Crippen molar-refractivity contribution < 1.29 is 4.79 Å². The maximum absolute atomic E-state index is 12.2. The molecule has 0 bridgehead atoms. The number of unbranched alkanes of at least 4 members (excludes halogenated alkanes) is 10. The zero-order chi connectivity index (χ0) is 18.2. The van der Waals surface area contributed by atoms with Crippen LogP contribution in [0.4, 0.5) is 0 Å². The summed E-state index contributed by atoms with van der Waals surface area (Å²) >= 11 is 0. The molecule has 0 saturated heterocycles. The molecule has 0 spiro atoms. The number of aryl methyl sites for hydroxylation is 1. The molecule has 0 amide bonds. The summed E-state index contributed by atoms with van der Waals surface area (Å²) in [6.07, 6.45) is 17.5. The number of hydrogen-bond acceptors (Lipinski definition) is 1. The lowest BCUT2D eigenvalue weighted by Crippen LogP contribution is -2.11. The Hall–Kier alpha value is -1.11. The van der Waals surface area contributed by atoms with Crippen molar-refractivity contribution in [3.63, 3.8) is 0 Å². The first kappa shape index (κ1) is 21.9. The van der Waals surface area contributed by atoms with Crippen LogP contribution in [0, 0.1) is 5.92 Å². The van der Waals surface area contributed by atoms with Gasteiger partial charge in [-0.2, -0.15) is 0 Å². The maximum Gasteiger partial charge on any atom is 0.135 e. The Balaban J connectivity index is 1.92. The summed E-state index contributed by atoms with van der Waals surface area (Å²) in [5, 5.41) is 0. The van der Waals surface area contributed by atoms with Crippen molar-refractivity contribution in [1.29, 1.82) is 0 Å². The van der Waals surface area contributed by atoms with Gasteiger partial charge in [-0.05, 0) is 24.8 Å². The smallest absolute Gasteiger partial charge is 0.135 e. The van der Waals surface area contributed by atoms with E-state index in [1.54, 1.807) is 0 Å². The summed E-state index contributed by atoms with van der Waals surface area (Å²) in [5.41, 5.74) is 1.34. The van der Waals surface area contributed by atoms with Gasteiger partial charge < -0.3 is 0 Å².